The van der Waals surface area contributed by atoms with Crippen LogP contribution in [0.4, 0.5) is 0 Å². The summed E-state index contributed by atoms with van der Waals surface area (Å²) in [6.45, 7) is 4.24. The lowest BCUT2D eigenvalue weighted by atomic mass is 9.47. The van der Waals surface area contributed by atoms with Crippen molar-refractivity contribution in [3.63, 3.8) is 0 Å². The van der Waals surface area contributed by atoms with Crippen LogP contribution in [0.5, 0.6) is 0 Å². The molecule has 4 saturated carbocycles. The molecule has 1 N–H and O–H groups in total. The van der Waals surface area contributed by atoms with Gasteiger partial charge in [0.05, 0.1) is 12.6 Å². The number of allylic oxidation sites excluding steroid dienone is 1. The van der Waals surface area contributed by atoms with Crippen LogP contribution in [0, 0.1) is 23.2 Å². The molecule has 4 aliphatic carbocycles. The van der Waals surface area contributed by atoms with Gasteiger partial charge in [0.2, 0.25) is 0 Å². The first-order valence-electron chi connectivity index (χ1n) is 8.85. The summed E-state index contributed by atoms with van der Waals surface area (Å²) in [4.78, 5) is 0. The maximum Gasteiger partial charge on any atom is 0.109 e. The predicted octanol–water partition coefficient (Wildman–Crippen LogP) is 3.88. The summed E-state index contributed by atoms with van der Waals surface area (Å²) in [5.41, 5.74) is 0.522. The molecule has 20 heavy (non-hydrogen) atoms. The van der Waals surface area contributed by atoms with Crippen molar-refractivity contribution in [2.24, 2.45) is 23.2 Å². The minimum atomic E-state index is 0.501. The van der Waals surface area contributed by atoms with E-state index >= 15 is 0 Å². The zero-order chi connectivity index (χ0) is 13.6. The molecule has 5 aliphatic rings. The quantitative estimate of drug-likeness (QED) is 0.841. The van der Waals surface area contributed by atoms with Crippen molar-refractivity contribution in [1.29, 1.82) is 0 Å². The maximum atomic E-state index is 6.08. The Labute approximate surface area is 123 Å². The van der Waals surface area contributed by atoms with Crippen molar-refractivity contribution in [3.05, 3.63) is 11.8 Å². The minimum Gasteiger partial charge on any atom is -0.497 e. The fraction of sp³-hybridized carbons (Fsp3) is 0.889. The van der Waals surface area contributed by atoms with Gasteiger partial charge in [-0.2, -0.15) is 0 Å². The van der Waals surface area contributed by atoms with Gasteiger partial charge in [0.1, 0.15) is 5.76 Å². The molecular weight excluding hydrogens is 246 g/mol. The third-order valence-electron chi connectivity index (χ3n) is 6.35. The van der Waals surface area contributed by atoms with Crippen LogP contribution in [0.2, 0.25) is 0 Å². The molecular formula is C18H29NO. The summed E-state index contributed by atoms with van der Waals surface area (Å²) in [6.07, 6.45) is 13.7. The Morgan fingerprint density at radius 3 is 2.35 bits per heavy atom. The second-order valence-corrected chi connectivity index (χ2v) is 7.87. The average Bonchev–Trinajstić information content (AvgIpc) is 2.44. The maximum absolute atomic E-state index is 6.08. The molecule has 0 aromatic rings. The van der Waals surface area contributed by atoms with E-state index in [1.54, 1.807) is 0 Å². The zero-order valence-electron chi connectivity index (χ0n) is 12.9. The summed E-state index contributed by atoms with van der Waals surface area (Å²) in [5, 5.41) is 3.82. The third kappa shape index (κ3) is 2.11. The summed E-state index contributed by atoms with van der Waals surface area (Å²) in [7, 11) is 0. The van der Waals surface area contributed by atoms with Crippen LogP contribution in [0.1, 0.15) is 58.3 Å². The molecule has 0 saturated heterocycles. The molecule has 2 nitrogen and oxygen atoms in total. The van der Waals surface area contributed by atoms with E-state index in [4.69, 9.17) is 4.74 Å². The van der Waals surface area contributed by atoms with Crippen LogP contribution in [0.3, 0.4) is 0 Å². The molecule has 2 heteroatoms. The van der Waals surface area contributed by atoms with Crippen LogP contribution in [-0.2, 0) is 4.74 Å². The van der Waals surface area contributed by atoms with E-state index in [9.17, 15) is 0 Å². The molecule has 1 aliphatic heterocycles. The monoisotopic (exact) mass is 275 g/mol. The van der Waals surface area contributed by atoms with Crippen molar-refractivity contribution < 1.29 is 4.74 Å². The lowest BCUT2D eigenvalue weighted by Gasteiger charge is -2.59. The topological polar surface area (TPSA) is 21.3 Å². The Hall–Kier alpha value is -0.500. The van der Waals surface area contributed by atoms with E-state index < -0.39 is 0 Å². The standard InChI is InChI=1S/C18H29NO/c1-2-19-17(16-5-3-4-6-20-16)18-10-13-7-14(11-18)9-15(8-13)12-18/h5,13-15,17,19H,2-4,6-12H2,1H3. The van der Waals surface area contributed by atoms with Gasteiger partial charge in [-0.1, -0.05) is 6.92 Å². The molecule has 4 bridgehead atoms. The second-order valence-electron chi connectivity index (χ2n) is 7.87. The molecule has 1 unspecified atom stereocenters. The van der Waals surface area contributed by atoms with Crippen LogP contribution in [0.25, 0.3) is 0 Å². The van der Waals surface area contributed by atoms with Crippen LogP contribution in [-0.4, -0.2) is 19.2 Å². The van der Waals surface area contributed by atoms with Gasteiger partial charge < -0.3 is 10.1 Å². The number of likely N-dealkylation sites (N-methyl/N-ethyl adjacent to an activating group) is 1. The number of hydrogen-bond acceptors (Lipinski definition) is 2. The predicted molar refractivity (Wildman–Crippen MR) is 81.3 cm³/mol. The highest BCUT2D eigenvalue weighted by molar-refractivity contribution is 5.17. The van der Waals surface area contributed by atoms with Gasteiger partial charge in [-0.3, -0.25) is 0 Å². The van der Waals surface area contributed by atoms with Crippen molar-refractivity contribution >= 4 is 0 Å². The fourth-order valence-electron chi connectivity index (χ4n) is 6.13. The average molecular weight is 275 g/mol. The molecule has 0 aromatic carbocycles. The fourth-order valence-corrected chi connectivity index (χ4v) is 6.13. The highest BCUT2D eigenvalue weighted by Crippen LogP contribution is 2.62. The van der Waals surface area contributed by atoms with E-state index in [0.717, 1.165) is 30.9 Å². The van der Waals surface area contributed by atoms with E-state index in [-0.39, 0.29) is 0 Å². The Balaban J connectivity index is 1.63. The van der Waals surface area contributed by atoms with Gasteiger partial charge in [0, 0.05) is 0 Å². The van der Waals surface area contributed by atoms with Gasteiger partial charge in [-0.15, -0.1) is 0 Å². The number of hydrogen-bond donors (Lipinski definition) is 1. The van der Waals surface area contributed by atoms with Gasteiger partial charge in [0.15, 0.2) is 0 Å². The van der Waals surface area contributed by atoms with Gasteiger partial charge in [-0.05, 0) is 87.2 Å². The lowest BCUT2D eigenvalue weighted by Crippen LogP contribution is -2.57. The minimum absolute atomic E-state index is 0.501. The third-order valence-corrected chi connectivity index (χ3v) is 6.35. The van der Waals surface area contributed by atoms with E-state index in [2.05, 4.69) is 18.3 Å². The molecule has 4 fully saturated rings. The molecule has 0 aromatic heterocycles. The Bertz CT molecular complexity index is 365. The molecule has 1 heterocycles. The number of nitrogens with one attached hydrogen (secondary N) is 1. The van der Waals surface area contributed by atoms with E-state index in [0.29, 0.717) is 11.5 Å². The summed E-state index contributed by atoms with van der Waals surface area (Å²) >= 11 is 0. The molecule has 0 radical (unpaired) electrons. The van der Waals surface area contributed by atoms with Crippen molar-refractivity contribution in [2.75, 3.05) is 13.2 Å². The first kappa shape index (κ1) is 13.2. The highest BCUT2D eigenvalue weighted by atomic mass is 16.5. The van der Waals surface area contributed by atoms with E-state index in [1.807, 2.05) is 0 Å². The smallest absolute Gasteiger partial charge is 0.109 e. The largest absolute Gasteiger partial charge is 0.497 e. The SMILES string of the molecule is CCNC(C1=CCCCO1)C12CC3CC(CC(C3)C1)C2. The Morgan fingerprint density at radius 1 is 1.20 bits per heavy atom. The summed E-state index contributed by atoms with van der Waals surface area (Å²) < 4.78 is 6.08. The first-order valence-corrected chi connectivity index (χ1v) is 8.85. The lowest BCUT2D eigenvalue weighted by molar-refractivity contribution is -0.0763. The Morgan fingerprint density at radius 2 is 1.85 bits per heavy atom. The van der Waals surface area contributed by atoms with Crippen LogP contribution in [0.15, 0.2) is 11.8 Å². The van der Waals surface area contributed by atoms with Crippen molar-refractivity contribution in [1.82, 2.24) is 5.32 Å². The van der Waals surface area contributed by atoms with Gasteiger partial charge in [-0.25, -0.2) is 0 Å². The van der Waals surface area contributed by atoms with Crippen molar-refractivity contribution in [2.45, 2.75) is 64.3 Å². The number of ether oxygens (including phenoxy) is 1. The highest BCUT2D eigenvalue weighted by Gasteiger charge is 2.55. The van der Waals surface area contributed by atoms with Crippen molar-refractivity contribution in [3.8, 4) is 0 Å². The zero-order valence-corrected chi connectivity index (χ0v) is 12.9. The summed E-state index contributed by atoms with van der Waals surface area (Å²) in [6, 6.07) is 0.501. The summed E-state index contributed by atoms with van der Waals surface area (Å²) in [5.74, 6) is 4.35. The second kappa shape index (κ2) is 5.05. The molecule has 1 atom stereocenters. The normalized spacial score (nSPS) is 44.0. The van der Waals surface area contributed by atoms with Crippen LogP contribution < -0.4 is 5.32 Å². The van der Waals surface area contributed by atoms with Gasteiger partial charge in [0.25, 0.3) is 0 Å². The number of rotatable bonds is 4. The molecule has 5 rings (SSSR count). The van der Waals surface area contributed by atoms with E-state index in [1.165, 1.54) is 57.1 Å². The van der Waals surface area contributed by atoms with Gasteiger partial charge >= 0.3 is 0 Å². The molecule has 0 spiro atoms. The first-order chi connectivity index (χ1) is 9.79. The molecule has 0 amide bonds. The van der Waals surface area contributed by atoms with Crippen LogP contribution >= 0.6 is 0 Å². The molecule has 112 valence electrons. The Kier molecular flexibility index (Phi) is 3.33.